The molecule has 5 heteroatoms. The van der Waals surface area contributed by atoms with Crippen LogP contribution < -0.4 is 10.1 Å². The van der Waals surface area contributed by atoms with E-state index in [1.54, 1.807) is 18.2 Å². The number of aryl methyl sites for hydroxylation is 1. The van der Waals surface area contributed by atoms with Crippen LogP contribution >= 0.6 is 11.6 Å². The number of rotatable bonds is 5. The van der Waals surface area contributed by atoms with E-state index in [4.69, 9.17) is 21.1 Å². The van der Waals surface area contributed by atoms with Gasteiger partial charge in [0.15, 0.2) is 0 Å². The molecule has 0 bridgehead atoms. The van der Waals surface area contributed by atoms with E-state index in [0.29, 0.717) is 16.5 Å². The second kappa shape index (κ2) is 7.55. The Morgan fingerprint density at radius 2 is 1.95 bits per heavy atom. The highest BCUT2D eigenvalue weighted by Gasteiger charge is 2.04. The molecule has 2 aromatic rings. The van der Waals surface area contributed by atoms with E-state index in [0.717, 1.165) is 5.56 Å². The lowest BCUT2D eigenvalue weighted by molar-refractivity contribution is 0.138. The number of carbonyl (C=O) groups is 1. The summed E-state index contributed by atoms with van der Waals surface area (Å²) in [5.41, 5.74) is 1.77. The highest BCUT2D eigenvalue weighted by molar-refractivity contribution is 6.32. The monoisotopic (exact) mass is 305 g/mol. The van der Waals surface area contributed by atoms with Crippen molar-refractivity contribution < 1.29 is 14.3 Å². The minimum atomic E-state index is -0.511. The number of para-hydroxylation sites is 1. The lowest BCUT2D eigenvalue weighted by Gasteiger charge is -2.09. The fraction of sp³-hybridized carbons (Fsp3) is 0.188. The Balaban J connectivity index is 1.71. The Morgan fingerprint density at radius 1 is 1.14 bits per heavy atom. The van der Waals surface area contributed by atoms with Crippen LogP contribution in [0.1, 0.15) is 5.56 Å². The smallest absolute Gasteiger partial charge is 0.411 e. The number of amides is 1. The van der Waals surface area contributed by atoms with Crippen LogP contribution in [0.2, 0.25) is 5.02 Å². The molecular weight excluding hydrogens is 290 g/mol. The summed E-state index contributed by atoms with van der Waals surface area (Å²) in [5.74, 6) is 0.571. The second-order valence-electron chi connectivity index (χ2n) is 4.41. The van der Waals surface area contributed by atoms with Crippen molar-refractivity contribution in [1.29, 1.82) is 0 Å². The molecule has 0 unspecified atom stereocenters. The number of halogens is 1. The van der Waals surface area contributed by atoms with Crippen LogP contribution in [0.15, 0.2) is 48.5 Å². The summed E-state index contributed by atoms with van der Waals surface area (Å²) in [4.78, 5) is 11.6. The van der Waals surface area contributed by atoms with Crippen LogP contribution in [0.4, 0.5) is 10.5 Å². The van der Waals surface area contributed by atoms with Gasteiger partial charge in [-0.3, -0.25) is 5.32 Å². The normalized spacial score (nSPS) is 10.0. The number of benzene rings is 2. The topological polar surface area (TPSA) is 47.6 Å². The molecule has 2 aromatic carbocycles. The highest BCUT2D eigenvalue weighted by Crippen LogP contribution is 2.22. The van der Waals surface area contributed by atoms with E-state index in [-0.39, 0.29) is 13.2 Å². The Kier molecular flexibility index (Phi) is 5.46. The minimum Gasteiger partial charge on any atom is -0.488 e. The maximum Gasteiger partial charge on any atom is 0.411 e. The van der Waals surface area contributed by atoms with Crippen molar-refractivity contribution >= 4 is 23.4 Å². The molecule has 4 nitrogen and oxygen atoms in total. The third-order valence-corrected chi connectivity index (χ3v) is 2.99. The summed E-state index contributed by atoms with van der Waals surface area (Å²) in [6, 6.07) is 14.6. The maximum absolute atomic E-state index is 11.6. The van der Waals surface area contributed by atoms with Gasteiger partial charge in [0, 0.05) is 5.69 Å². The van der Waals surface area contributed by atoms with Crippen molar-refractivity contribution in [3.63, 3.8) is 0 Å². The number of anilines is 1. The highest BCUT2D eigenvalue weighted by atomic mass is 35.5. The van der Waals surface area contributed by atoms with Gasteiger partial charge < -0.3 is 9.47 Å². The van der Waals surface area contributed by atoms with E-state index < -0.39 is 6.09 Å². The number of ether oxygens (including phenoxy) is 2. The fourth-order valence-corrected chi connectivity index (χ4v) is 1.91. The first-order chi connectivity index (χ1) is 10.1. The van der Waals surface area contributed by atoms with Crippen LogP contribution in [0.25, 0.3) is 0 Å². The fourth-order valence-electron chi connectivity index (χ4n) is 1.72. The summed E-state index contributed by atoms with van der Waals surface area (Å²) in [6.45, 7) is 2.34. The third kappa shape index (κ3) is 5.00. The zero-order valence-corrected chi connectivity index (χ0v) is 12.4. The molecule has 0 saturated carbocycles. The quantitative estimate of drug-likeness (QED) is 0.839. The van der Waals surface area contributed by atoms with Crippen LogP contribution in [-0.4, -0.2) is 19.3 Å². The van der Waals surface area contributed by atoms with Gasteiger partial charge in [-0.15, -0.1) is 0 Å². The zero-order valence-electron chi connectivity index (χ0n) is 11.6. The lowest BCUT2D eigenvalue weighted by Crippen LogP contribution is -2.17. The number of nitrogens with one attached hydrogen (secondary N) is 1. The van der Waals surface area contributed by atoms with E-state index in [2.05, 4.69) is 5.32 Å². The van der Waals surface area contributed by atoms with Crippen molar-refractivity contribution in [3.05, 3.63) is 59.1 Å². The molecule has 21 heavy (non-hydrogen) atoms. The van der Waals surface area contributed by atoms with Gasteiger partial charge in [-0.1, -0.05) is 35.9 Å². The molecule has 0 saturated heterocycles. The van der Waals surface area contributed by atoms with Gasteiger partial charge in [-0.2, -0.15) is 0 Å². The van der Waals surface area contributed by atoms with Crippen molar-refractivity contribution in [3.8, 4) is 5.75 Å². The van der Waals surface area contributed by atoms with E-state index in [9.17, 15) is 4.79 Å². The number of hydrogen-bond acceptors (Lipinski definition) is 3. The predicted molar refractivity (Wildman–Crippen MR) is 83.1 cm³/mol. The molecule has 0 aliphatic heterocycles. The molecule has 1 N–H and O–H groups in total. The van der Waals surface area contributed by atoms with Crippen LogP contribution in [0.3, 0.4) is 0 Å². The minimum absolute atomic E-state index is 0.142. The first kappa shape index (κ1) is 15.2. The van der Waals surface area contributed by atoms with Gasteiger partial charge in [0.2, 0.25) is 0 Å². The van der Waals surface area contributed by atoms with Crippen LogP contribution in [0, 0.1) is 6.92 Å². The zero-order chi connectivity index (χ0) is 15.1. The number of hydrogen-bond donors (Lipinski definition) is 1. The molecule has 1 amide bonds. The molecule has 0 aliphatic rings. The van der Waals surface area contributed by atoms with Gasteiger partial charge >= 0.3 is 6.09 Å². The summed E-state index contributed by atoms with van der Waals surface area (Å²) < 4.78 is 10.4. The molecule has 0 spiro atoms. The summed E-state index contributed by atoms with van der Waals surface area (Å²) in [5, 5.41) is 3.18. The van der Waals surface area contributed by atoms with Crippen molar-refractivity contribution in [2.75, 3.05) is 18.5 Å². The van der Waals surface area contributed by atoms with Crippen molar-refractivity contribution in [2.45, 2.75) is 6.92 Å². The maximum atomic E-state index is 11.6. The lowest BCUT2D eigenvalue weighted by atomic mass is 10.2. The van der Waals surface area contributed by atoms with E-state index in [1.165, 1.54) is 0 Å². The summed E-state index contributed by atoms with van der Waals surface area (Å²) >= 11 is 5.94. The Morgan fingerprint density at radius 3 is 2.71 bits per heavy atom. The van der Waals surface area contributed by atoms with Crippen molar-refractivity contribution in [2.24, 2.45) is 0 Å². The van der Waals surface area contributed by atoms with E-state index in [1.807, 2.05) is 37.3 Å². The summed E-state index contributed by atoms with van der Waals surface area (Å²) in [6.07, 6.45) is -0.511. The van der Waals surface area contributed by atoms with Crippen molar-refractivity contribution in [1.82, 2.24) is 0 Å². The molecule has 0 fully saturated rings. The molecule has 0 atom stereocenters. The average molecular weight is 306 g/mol. The largest absolute Gasteiger partial charge is 0.488 e. The standard InChI is InChI=1S/C16H16ClNO3/c1-12-5-4-6-13(11-12)18-16(19)21-10-9-20-15-8-3-2-7-14(15)17/h2-8,11H,9-10H2,1H3,(H,18,19). The number of carbonyl (C=O) groups excluding carboxylic acids is 1. The molecule has 0 radical (unpaired) electrons. The van der Waals surface area contributed by atoms with Gasteiger partial charge in [0.25, 0.3) is 0 Å². The molecule has 110 valence electrons. The van der Waals surface area contributed by atoms with Crippen LogP contribution in [0.5, 0.6) is 5.75 Å². The molecule has 0 aliphatic carbocycles. The van der Waals surface area contributed by atoms with Gasteiger partial charge in [0.1, 0.15) is 19.0 Å². The van der Waals surface area contributed by atoms with Crippen LogP contribution in [-0.2, 0) is 4.74 Å². The SMILES string of the molecule is Cc1cccc(NC(=O)OCCOc2ccccc2Cl)c1. The van der Waals surface area contributed by atoms with E-state index >= 15 is 0 Å². The first-order valence-corrected chi connectivity index (χ1v) is 6.91. The average Bonchev–Trinajstić information content (AvgIpc) is 2.45. The van der Waals surface area contributed by atoms with Gasteiger partial charge in [-0.25, -0.2) is 4.79 Å². The molecular formula is C16H16ClNO3. The van der Waals surface area contributed by atoms with Gasteiger partial charge in [-0.05, 0) is 36.8 Å². The first-order valence-electron chi connectivity index (χ1n) is 6.53. The Labute approximate surface area is 128 Å². The molecule has 0 heterocycles. The third-order valence-electron chi connectivity index (χ3n) is 2.68. The van der Waals surface area contributed by atoms with Gasteiger partial charge in [0.05, 0.1) is 5.02 Å². The second-order valence-corrected chi connectivity index (χ2v) is 4.82. The predicted octanol–water partition coefficient (Wildman–Crippen LogP) is 4.28. The molecule has 2 rings (SSSR count). The summed E-state index contributed by atoms with van der Waals surface area (Å²) in [7, 11) is 0. The Hall–Kier alpha value is -2.20. The Bertz CT molecular complexity index is 616. The molecule has 0 aromatic heterocycles.